The van der Waals surface area contributed by atoms with Crippen LogP contribution in [0.25, 0.3) is 0 Å². The van der Waals surface area contributed by atoms with Gasteiger partial charge >= 0.3 is 0 Å². The molecule has 2 atom stereocenters. The van der Waals surface area contributed by atoms with Gasteiger partial charge in [0.1, 0.15) is 5.76 Å². The van der Waals surface area contributed by atoms with E-state index in [1.54, 1.807) is 6.26 Å². The SMILES string of the molecule is C=CCNC(=NCCc1ccco1)NC1CC2CCC(C1)N2Cc1ccccc1. The van der Waals surface area contributed by atoms with Gasteiger partial charge in [-0.25, -0.2) is 0 Å². The second kappa shape index (κ2) is 9.79. The lowest BCUT2D eigenvalue weighted by atomic mass is 9.96. The minimum atomic E-state index is 0.471. The Morgan fingerprint density at radius 2 is 1.93 bits per heavy atom. The Labute approximate surface area is 173 Å². The van der Waals surface area contributed by atoms with Crippen LogP contribution in [0.15, 0.2) is 70.8 Å². The largest absolute Gasteiger partial charge is 0.469 e. The number of benzene rings is 1. The third kappa shape index (κ3) is 5.30. The van der Waals surface area contributed by atoms with Gasteiger partial charge < -0.3 is 15.1 Å². The standard InChI is InChI=1S/C24H32N4O/c1-2-13-25-24(26-14-12-23-9-6-15-29-23)27-20-16-21-10-11-22(17-20)28(21)18-19-7-4-3-5-8-19/h2-9,15,20-22H,1,10-14,16-18H2,(H2,25,26,27). The highest BCUT2D eigenvalue weighted by Gasteiger charge is 2.40. The molecule has 2 fully saturated rings. The van der Waals surface area contributed by atoms with Crippen LogP contribution < -0.4 is 10.6 Å². The molecule has 1 aromatic heterocycles. The smallest absolute Gasteiger partial charge is 0.191 e. The molecule has 2 unspecified atom stereocenters. The summed E-state index contributed by atoms with van der Waals surface area (Å²) in [5, 5.41) is 7.06. The number of nitrogens with zero attached hydrogens (tertiary/aromatic N) is 2. The Morgan fingerprint density at radius 1 is 1.14 bits per heavy atom. The normalized spacial score (nSPS) is 24.4. The number of nitrogens with one attached hydrogen (secondary N) is 2. The third-order valence-electron chi connectivity index (χ3n) is 6.06. The van der Waals surface area contributed by atoms with Gasteiger partial charge in [-0.05, 0) is 43.4 Å². The van der Waals surface area contributed by atoms with Crippen molar-refractivity contribution in [3.8, 4) is 0 Å². The van der Waals surface area contributed by atoms with Crippen molar-refractivity contribution in [3.05, 3.63) is 72.7 Å². The number of piperidine rings is 1. The van der Waals surface area contributed by atoms with Gasteiger partial charge in [-0.15, -0.1) is 6.58 Å². The molecule has 29 heavy (non-hydrogen) atoms. The molecule has 2 aromatic rings. The third-order valence-corrected chi connectivity index (χ3v) is 6.06. The molecular formula is C24H32N4O. The van der Waals surface area contributed by atoms with Crippen molar-refractivity contribution < 1.29 is 4.42 Å². The van der Waals surface area contributed by atoms with E-state index in [2.05, 4.69) is 52.4 Å². The summed E-state index contributed by atoms with van der Waals surface area (Å²) in [7, 11) is 0. The molecule has 5 heteroatoms. The van der Waals surface area contributed by atoms with Crippen LogP contribution in [0.2, 0.25) is 0 Å². The number of rotatable bonds is 8. The first-order chi connectivity index (χ1) is 14.3. The molecule has 3 heterocycles. The van der Waals surface area contributed by atoms with Gasteiger partial charge in [0.2, 0.25) is 0 Å². The summed E-state index contributed by atoms with van der Waals surface area (Å²) in [6.07, 6.45) is 9.37. The van der Waals surface area contributed by atoms with E-state index in [-0.39, 0.29) is 0 Å². The molecule has 1 aromatic carbocycles. The fourth-order valence-electron chi connectivity index (χ4n) is 4.69. The number of aliphatic imine (C=N–C) groups is 1. The maximum absolute atomic E-state index is 5.41. The Bertz CT molecular complexity index is 772. The molecule has 0 radical (unpaired) electrons. The van der Waals surface area contributed by atoms with Crippen LogP contribution in [0.3, 0.4) is 0 Å². The van der Waals surface area contributed by atoms with Gasteiger partial charge in [-0.1, -0.05) is 36.4 Å². The average molecular weight is 393 g/mol. The van der Waals surface area contributed by atoms with Crippen molar-refractivity contribution in [1.82, 2.24) is 15.5 Å². The molecule has 0 aliphatic carbocycles. The van der Waals surface area contributed by atoms with Crippen molar-refractivity contribution in [3.63, 3.8) is 0 Å². The van der Waals surface area contributed by atoms with Gasteiger partial charge in [-0.2, -0.15) is 0 Å². The lowest BCUT2D eigenvalue weighted by molar-refractivity contribution is 0.114. The predicted molar refractivity (Wildman–Crippen MR) is 118 cm³/mol. The van der Waals surface area contributed by atoms with Gasteiger partial charge in [-0.3, -0.25) is 9.89 Å². The van der Waals surface area contributed by atoms with Crippen molar-refractivity contribution in [2.45, 2.75) is 56.8 Å². The lowest BCUT2D eigenvalue weighted by Gasteiger charge is -2.39. The molecule has 0 spiro atoms. The summed E-state index contributed by atoms with van der Waals surface area (Å²) in [6.45, 7) is 6.31. The van der Waals surface area contributed by atoms with Crippen LogP contribution in [-0.2, 0) is 13.0 Å². The molecule has 2 aliphatic rings. The van der Waals surface area contributed by atoms with E-state index in [4.69, 9.17) is 9.41 Å². The zero-order chi connectivity index (χ0) is 19.9. The first-order valence-corrected chi connectivity index (χ1v) is 10.8. The molecular weight excluding hydrogens is 360 g/mol. The monoisotopic (exact) mass is 392 g/mol. The van der Waals surface area contributed by atoms with E-state index in [0.717, 1.165) is 24.7 Å². The summed E-state index contributed by atoms with van der Waals surface area (Å²) in [4.78, 5) is 7.48. The maximum Gasteiger partial charge on any atom is 0.191 e. The molecule has 4 rings (SSSR count). The van der Waals surface area contributed by atoms with E-state index >= 15 is 0 Å². The zero-order valence-electron chi connectivity index (χ0n) is 17.1. The number of hydrogen-bond acceptors (Lipinski definition) is 3. The Kier molecular flexibility index (Phi) is 6.67. The van der Waals surface area contributed by atoms with E-state index in [1.165, 1.54) is 31.2 Å². The van der Waals surface area contributed by atoms with Crippen molar-refractivity contribution in [1.29, 1.82) is 0 Å². The highest BCUT2D eigenvalue weighted by Crippen LogP contribution is 2.36. The molecule has 2 N–H and O–H groups in total. The second-order valence-corrected chi connectivity index (χ2v) is 8.08. The van der Waals surface area contributed by atoms with Gasteiger partial charge in [0.15, 0.2) is 5.96 Å². The van der Waals surface area contributed by atoms with Crippen molar-refractivity contribution in [2.75, 3.05) is 13.1 Å². The lowest BCUT2D eigenvalue weighted by Crippen LogP contribution is -2.52. The topological polar surface area (TPSA) is 52.8 Å². The summed E-state index contributed by atoms with van der Waals surface area (Å²) in [6, 6.07) is 16.6. The van der Waals surface area contributed by atoms with E-state index in [0.29, 0.717) is 31.2 Å². The van der Waals surface area contributed by atoms with Crippen LogP contribution in [-0.4, -0.2) is 42.1 Å². The molecule has 2 saturated heterocycles. The summed E-state index contributed by atoms with van der Waals surface area (Å²) < 4.78 is 5.41. The Balaban J connectivity index is 1.33. The minimum absolute atomic E-state index is 0.471. The van der Waals surface area contributed by atoms with Crippen molar-refractivity contribution in [2.24, 2.45) is 4.99 Å². The van der Waals surface area contributed by atoms with Crippen LogP contribution >= 0.6 is 0 Å². The number of fused-ring (bicyclic) bond motifs is 2. The highest BCUT2D eigenvalue weighted by atomic mass is 16.3. The molecule has 5 nitrogen and oxygen atoms in total. The van der Waals surface area contributed by atoms with Crippen LogP contribution in [0.4, 0.5) is 0 Å². The predicted octanol–water partition coefficient (Wildman–Crippen LogP) is 3.74. The maximum atomic E-state index is 5.41. The van der Waals surface area contributed by atoms with Crippen LogP contribution in [0.5, 0.6) is 0 Å². The first kappa shape index (κ1) is 19.8. The first-order valence-electron chi connectivity index (χ1n) is 10.8. The quantitative estimate of drug-likeness (QED) is 0.408. The molecule has 0 amide bonds. The molecule has 2 bridgehead atoms. The molecule has 2 aliphatic heterocycles. The summed E-state index contributed by atoms with van der Waals surface area (Å²) in [5.41, 5.74) is 1.42. The van der Waals surface area contributed by atoms with Crippen LogP contribution in [0, 0.1) is 0 Å². The molecule has 154 valence electrons. The summed E-state index contributed by atoms with van der Waals surface area (Å²) in [5.74, 6) is 1.86. The highest BCUT2D eigenvalue weighted by molar-refractivity contribution is 5.80. The van der Waals surface area contributed by atoms with E-state index in [9.17, 15) is 0 Å². The number of furan rings is 1. The Hall–Kier alpha value is -2.53. The number of hydrogen-bond donors (Lipinski definition) is 2. The molecule has 0 saturated carbocycles. The summed E-state index contributed by atoms with van der Waals surface area (Å²) >= 11 is 0. The van der Waals surface area contributed by atoms with Gasteiger partial charge in [0.25, 0.3) is 0 Å². The second-order valence-electron chi connectivity index (χ2n) is 8.08. The minimum Gasteiger partial charge on any atom is -0.469 e. The zero-order valence-corrected chi connectivity index (χ0v) is 17.1. The van der Waals surface area contributed by atoms with Gasteiger partial charge in [0, 0.05) is 44.2 Å². The van der Waals surface area contributed by atoms with E-state index in [1.807, 2.05) is 18.2 Å². The van der Waals surface area contributed by atoms with E-state index < -0.39 is 0 Å². The Morgan fingerprint density at radius 3 is 2.62 bits per heavy atom. The average Bonchev–Trinajstić information content (AvgIpc) is 3.33. The van der Waals surface area contributed by atoms with Crippen LogP contribution in [0.1, 0.15) is 37.0 Å². The number of guanidine groups is 1. The van der Waals surface area contributed by atoms with Crippen molar-refractivity contribution >= 4 is 5.96 Å². The fraction of sp³-hybridized carbons (Fsp3) is 0.458. The fourth-order valence-corrected chi connectivity index (χ4v) is 4.69. The van der Waals surface area contributed by atoms with Gasteiger partial charge in [0.05, 0.1) is 6.26 Å².